The van der Waals surface area contributed by atoms with Gasteiger partial charge in [0.25, 0.3) is 0 Å². The molecule has 0 saturated heterocycles. The second kappa shape index (κ2) is 13.0. The van der Waals surface area contributed by atoms with Crippen LogP contribution in [0, 0.1) is 0 Å². The molecule has 1 heterocycles. The SMILES string of the molecule is CC1(C)c2ccccc2-c2ccc(N(c3ccc(-c4ccc(-c5c6c(cc7ccccc57)C(C)(C)c5ccccc5-6)nc4)cc3)c3ccc4c(c3)C(C)(C)c3ccccc3-4)cc21. The van der Waals surface area contributed by atoms with Crippen molar-refractivity contribution in [3.8, 4) is 55.8 Å². The van der Waals surface area contributed by atoms with E-state index < -0.39 is 0 Å². The summed E-state index contributed by atoms with van der Waals surface area (Å²) in [5.74, 6) is 0. The summed E-state index contributed by atoms with van der Waals surface area (Å²) in [7, 11) is 0. The van der Waals surface area contributed by atoms with Crippen molar-refractivity contribution in [1.82, 2.24) is 4.98 Å². The first-order valence-electron chi connectivity index (χ1n) is 22.0. The zero-order valence-corrected chi connectivity index (χ0v) is 36.2. The second-order valence-electron chi connectivity index (χ2n) is 19.2. The number of anilines is 3. The molecule has 9 aromatic rings. The summed E-state index contributed by atoms with van der Waals surface area (Å²) >= 11 is 0. The van der Waals surface area contributed by atoms with E-state index in [1.165, 1.54) is 83.1 Å². The van der Waals surface area contributed by atoms with Gasteiger partial charge in [-0.25, -0.2) is 0 Å². The molecule has 0 radical (unpaired) electrons. The zero-order valence-electron chi connectivity index (χ0n) is 36.2. The van der Waals surface area contributed by atoms with Gasteiger partial charge in [0.2, 0.25) is 0 Å². The molecule has 298 valence electrons. The number of nitrogens with zero attached hydrogens (tertiary/aromatic N) is 2. The van der Waals surface area contributed by atoms with Gasteiger partial charge in [-0.15, -0.1) is 0 Å². The molecule has 0 unspecified atom stereocenters. The van der Waals surface area contributed by atoms with Gasteiger partial charge in [0, 0.05) is 50.6 Å². The van der Waals surface area contributed by atoms with Crippen LogP contribution in [-0.2, 0) is 16.2 Å². The standard InChI is InChI=1S/C60H48N2/c1-58(2)49-20-12-9-17-44(49)46-30-28-41(34-52(46)58)62(42-29-31-47-45-18-10-13-21-50(45)59(3,4)53(47)35-42)40-26-23-37(24-27-40)39-25-32-55(61-36-39)57-43-16-8-7-15-38(43)33-54-56(57)48-19-11-14-22-51(48)60(54,5)6/h7-36H,1-6H3. The lowest BCUT2D eigenvalue weighted by atomic mass is 9.81. The molecule has 62 heavy (non-hydrogen) atoms. The minimum absolute atomic E-state index is 0.0950. The van der Waals surface area contributed by atoms with Gasteiger partial charge >= 0.3 is 0 Å². The fourth-order valence-electron chi connectivity index (χ4n) is 11.4. The van der Waals surface area contributed by atoms with Crippen molar-refractivity contribution in [3.63, 3.8) is 0 Å². The molecule has 3 aliphatic rings. The molecule has 1 aromatic heterocycles. The van der Waals surface area contributed by atoms with Crippen molar-refractivity contribution in [2.24, 2.45) is 0 Å². The molecule has 0 bridgehead atoms. The highest BCUT2D eigenvalue weighted by Crippen LogP contribution is 2.55. The van der Waals surface area contributed by atoms with Gasteiger partial charge in [-0.3, -0.25) is 4.98 Å². The minimum Gasteiger partial charge on any atom is -0.310 e. The third kappa shape index (κ3) is 5.13. The van der Waals surface area contributed by atoms with E-state index in [1.807, 2.05) is 0 Å². The molecule has 0 amide bonds. The number of benzene rings is 8. The molecule has 0 aliphatic heterocycles. The van der Waals surface area contributed by atoms with Crippen molar-refractivity contribution in [2.45, 2.75) is 57.8 Å². The summed E-state index contributed by atoms with van der Waals surface area (Å²) in [4.78, 5) is 7.69. The summed E-state index contributed by atoms with van der Waals surface area (Å²) in [6.45, 7) is 14.2. The topological polar surface area (TPSA) is 16.1 Å². The van der Waals surface area contributed by atoms with Crippen LogP contribution in [0.1, 0.15) is 74.9 Å². The van der Waals surface area contributed by atoms with Crippen LogP contribution >= 0.6 is 0 Å². The first-order valence-corrected chi connectivity index (χ1v) is 22.0. The zero-order chi connectivity index (χ0) is 42.1. The van der Waals surface area contributed by atoms with E-state index in [1.54, 1.807) is 0 Å². The lowest BCUT2D eigenvalue weighted by molar-refractivity contribution is 0.660. The van der Waals surface area contributed by atoms with E-state index in [4.69, 9.17) is 4.98 Å². The van der Waals surface area contributed by atoms with Crippen LogP contribution in [0.25, 0.3) is 66.5 Å². The molecule has 0 saturated carbocycles. The Morgan fingerprint density at radius 3 is 1.40 bits per heavy atom. The van der Waals surface area contributed by atoms with Gasteiger partial charge in [0.1, 0.15) is 0 Å². The van der Waals surface area contributed by atoms with Crippen molar-refractivity contribution in [1.29, 1.82) is 0 Å². The Morgan fingerprint density at radius 1 is 0.355 bits per heavy atom. The van der Waals surface area contributed by atoms with Crippen molar-refractivity contribution in [3.05, 3.63) is 216 Å². The average Bonchev–Trinajstić information content (AvgIpc) is 3.78. The van der Waals surface area contributed by atoms with Crippen LogP contribution in [-0.4, -0.2) is 4.98 Å². The van der Waals surface area contributed by atoms with Crippen LogP contribution in [0.15, 0.2) is 182 Å². The van der Waals surface area contributed by atoms with Gasteiger partial charge in [-0.1, -0.05) is 169 Å². The van der Waals surface area contributed by atoms with E-state index in [0.29, 0.717) is 0 Å². The Morgan fingerprint density at radius 2 is 0.823 bits per heavy atom. The Balaban J connectivity index is 0.953. The Kier molecular flexibility index (Phi) is 7.71. The first-order chi connectivity index (χ1) is 30.0. The largest absolute Gasteiger partial charge is 0.310 e. The smallest absolute Gasteiger partial charge is 0.0715 e. The second-order valence-corrected chi connectivity index (χ2v) is 19.2. The van der Waals surface area contributed by atoms with E-state index in [-0.39, 0.29) is 16.2 Å². The van der Waals surface area contributed by atoms with Crippen LogP contribution in [0.2, 0.25) is 0 Å². The minimum atomic E-state index is -0.107. The molecule has 0 N–H and O–H groups in total. The molecule has 0 spiro atoms. The third-order valence-corrected chi connectivity index (χ3v) is 14.7. The molecule has 8 aromatic carbocycles. The summed E-state index contributed by atoms with van der Waals surface area (Å²) in [5.41, 5.74) is 23.8. The van der Waals surface area contributed by atoms with Gasteiger partial charge in [-0.2, -0.15) is 0 Å². The summed E-state index contributed by atoms with van der Waals surface area (Å²) in [6, 6.07) is 65.6. The fraction of sp³-hybridized carbons (Fsp3) is 0.150. The quantitative estimate of drug-likeness (QED) is 0.172. The number of pyridine rings is 1. The number of aromatic nitrogens is 1. The first kappa shape index (κ1) is 36.8. The maximum atomic E-state index is 5.24. The predicted octanol–water partition coefficient (Wildman–Crippen LogP) is 16.0. The maximum absolute atomic E-state index is 5.24. The molecular weight excluding hydrogens is 749 g/mol. The highest BCUT2D eigenvalue weighted by Gasteiger charge is 2.39. The van der Waals surface area contributed by atoms with E-state index in [9.17, 15) is 0 Å². The van der Waals surface area contributed by atoms with E-state index in [0.717, 1.165) is 33.9 Å². The highest BCUT2D eigenvalue weighted by atomic mass is 15.1. The molecule has 0 fully saturated rings. The van der Waals surface area contributed by atoms with Crippen LogP contribution in [0.5, 0.6) is 0 Å². The number of hydrogen-bond donors (Lipinski definition) is 0. The Bertz CT molecular complexity index is 3200. The van der Waals surface area contributed by atoms with Gasteiger partial charge in [-0.05, 0) is 132 Å². The van der Waals surface area contributed by atoms with Crippen LogP contribution in [0.3, 0.4) is 0 Å². The molecule has 2 heteroatoms. The van der Waals surface area contributed by atoms with Gasteiger partial charge in [0.15, 0.2) is 0 Å². The third-order valence-electron chi connectivity index (χ3n) is 14.7. The fourth-order valence-corrected chi connectivity index (χ4v) is 11.4. The lowest BCUT2D eigenvalue weighted by Gasteiger charge is -2.30. The summed E-state index contributed by atoms with van der Waals surface area (Å²) < 4.78 is 0. The number of hydrogen-bond acceptors (Lipinski definition) is 2. The highest BCUT2D eigenvalue weighted by molar-refractivity contribution is 6.07. The van der Waals surface area contributed by atoms with Crippen molar-refractivity contribution in [2.75, 3.05) is 4.90 Å². The van der Waals surface area contributed by atoms with Crippen molar-refractivity contribution >= 4 is 27.8 Å². The summed E-state index contributed by atoms with van der Waals surface area (Å²) in [5, 5.41) is 2.49. The monoisotopic (exact) mass is 796 g/mol. The predicted molar refractivity (Wildman–Crippen MR) is 260 cm³/mol. The van der Waals surface area contributed by atoms with E-state index >= 15 is 0 Å². The van der Waals surface area contributed by atoms with Gasteiger partial charge < -0.3 is 4.90 Å². The normalized spacial score (nSPS) is 15.3. The molecule has 12 rings (SSSR count). The van der Waals surface area contributed by atoms with Crippen LogP contribution < -0.4 is 4.90 Å². The van der Waals surface area contributed by atoms with Gasteiger partial charge in [0.05, 0.1) is 5.69 Å². The molecule has 3 aliphatic carbocycles. The number of rotatable bonds is 5. The average molecular weight is 797 g/mol. The lowest BCUT2D eigenvalue weighted by Crippen LogP contribution is -2.18. The Labute approximate surface area is 365 Å². The Hall–Kier alpha value is -7.03. The molecule has 0 atom stereocenters. The van der Waals surface area contributed by atoms with E-state index in [2.05, 4.69) is 229 Å². The maximum Gasteiger partial charge on any atom is 0.0715 e. The molecule has 2 nitrogen and oxygen atoms in total. The summed E-state index contributed by atoms with van der Waals surface area (Å²) in [6.07, 6.45) is 2.06. The van der Waals surface area contributed by atoms with Crippen LogP contribution in [0.4, 0.5) is 17.1 Å². The molecular formula is C60H48N2. The number of fused-ring (bicyclic) bond motifs is 10. The van der Waals surface area contributed by atoms with Crippen molar-refractivity contribution < 1.29 is 0 Å².